The first kappa shape index (κ1) is 22.9. The molecule has 1 saturated heterocycles. The van der Waals surface area contributed by atoms with Gasteiger partial charge in [0.25, 0.3) is 5.91 Å². The molecule has 2 heterocycles. The second kappa shape index (κ2) is 9.31. The van der Waals surface area contributed by atoms with E-state index < -0.39 is 11.9 Å². The van der Waals surface area contributed by atoms with Crippen molar-refractivity contribution in [1.29, 1.82) is 0 Å². The maximum absolute atomic E-state index is 14.6. The van der Waals surface area contributed by atoms with Crippen LogP contribution in [0.3, 0.4) is 0 Å². The predicted molar refractivity (Wildman–Crippen MR) is 126 cm³/mol. The zero-order chi connectivity index (χ0) is 23.7. The second-order valence-corrected chi connectivity index (χ2v) is 8.98. The summed E-state index contributed by atoms with van der Waals surface area (Å²) in [4.78, 5) is 25.5. The fourth-order valence-corrected chi connectivity index (χ4v) is 4.21. The Morgan fingerprint density at radius 3 is 2.52 bits per heavy atom. The topological polar surface area (TPSA) is 89.8 Å². The summed E-state index contributed by atoms with van der Waals surface area (Å²) in [7, 11) is 0. The third-order valence-electron chi connectivity index (χ3n) is 5.92. The third-order valence-corrected chi connectivity index (χ3v) is 5.92. The first-order valence-electron chi connectivity index (χ1n) is 11.2. The number of aliphatic hydroxyl groups is 1. The molecule has 2 aromatic carbocycles. The Kier molecular flexibility index (Phi) is 6.47. The van der Waals surface area contributed by atoms with Crippen molar-refractivity contribution in [2.45, 2.75) is 33.3 Å². The van der Waals surface area contributed by atoms with E-state index in [4.69, 9.17) is 0 Å². The van der Waals surface area contributed by atoms with Crippen LogP contribution < -0.4 is 4.90 Å². The zero-order valence-electron chi connectivity index (χ0n) is 19.1. The van der Waals surface area contributed by atoms with Gasteiger partial charge in [-0.2, -0.15) is 0 Å². The predicted octanol–water partition coefficient (Wildman–Crippen LogP) is 3.51. The fourth-order valence-electron chi connectivity index (χ4n) is 4.21. The Morgan fingerprint density at radius 2 is 1.85 bits per heavy atom. The quantitative estimate of drug-likeness (QED) is 0.616. The van der Waals surface area contributed by atoms with Gasteiger partial charge in [0, 0.05) is 31.6 Å². The standard InChI is InChI=1S/C25H29FN4O3/c1-15(2)13-21(32)25(33)30-11-9-29(10-12-30)24-17-8-7-16(3)14-19(17)27-23(28-24)22-18(26)5-4-6-20(22)31/h4-8,14-15,21,31-32H,9-13H2,1-3H3. The smallest absolute Gasteiger partial charge is 0.251 e. The normalized spacial score (nSPS) is 15.3. The number of aryl methyl sites for hydroxylation is 1. The summed E-state index contributed by atoms with van der Waals surface area (Å²) in [6.45, 7) is 7.83. The van der Waals surface area contributed by atoms with Gasteiger partial charge >= 0.3 is 0 Å². The molecule has 7 nitrogen and oxygen atoms in total. The Balaban J connectivity index is 1.66. The van der Waals surface area contributed by atoms with Gasteiger partial charge in [-0.1, -0.05) is 26.0 Å². The molecular weight excluding hydrogens is 423 g/mol. The van der Waals surface area contributed by atoms with Crippen LogP contribution in [0, 0.1) is 18.7 Å². The number of nitrogens with zero attached hydrogens (tertiary/aromatic N) is 4. The maximum atomic E-state index is 14.6. The number of aromatic hydroxyl groups is 1. The molecule has 1 unspecified atom stereocenters. The average molecular weight is 453 g/mol. The van der Waals surface area contributed by atoms with Gasteiger partial charge in [0.15, 0.2) is 5.82 Å². The second-order valence-electron chi connectivity index (χ2n) is 8.98. The van der Waals surface area contributed by atoms with Crippen molar-refractivity contribution in [2.75, 3.05) is 31.1 Å². The van der Waals surface area contributed by atoms with Gasteiger partial charge in [0.05, 0.1) is 11.1 Å². The molecule has 2 N–H and O–H groups in total. The van der Waals surface area contributed by atoms with E-state index >= 15 is 0 Å². The Labute approximate surface area is 192 Å². The number of rotatable bonds is 5. The molecule has 33 heavy (non-hydrogen) atoms. The molecule has 0 spiro atoms. The molecule has 0 aliphatic carbocycles. The summed E-state index contributed by atoms with van der Waals surface area (Å²) in [6, 6.07) is 9.93. The van der Waals surface area contributed by atoms with Gasteiger partial charge < -0.3 is 20.0 Å². The summed E-state index contributed by atoms with van der Waals surface area (Å²) in [5, 5.41) is 21.3. The first-order valence-corrected chi connectivity index (χ1v) is 11.2. The average Bonchev–Trinajstić information content (AvgIpc) is 2.77. The van der Waals surface area contributed by atoms with E-state index in [2.05, 4.69) is 9.97 Å². The number of amides is 1. The van der Waals surface area contributed by atoms with Crippen LogP contribution in [0.1, 0.15) is 25.8 Å². The lowest BCUT2D eigenvalue weighted by Gasteiger charge is -2.37. The molecule has 1 atom stereocenters. The van der Waals surface area contributed by atoms with Crippen LogP contribution in [0.5, 0.6) is 5.75 Å². The highest BCUT2D eigenvalue weighted by atomic mass is 19.1. The fraction of sp³-hybridized carbons (Fsp3) is 0.400. The summed E-state index contributed by atoms with van der Waals surface area (Å²) >= 11 is 0. The molecule has 1 fully saturated rings. The van der Waals surface area contributed by atoms with Crippen LogP contribution in [-0.4, -0.2) is 63.3 Å². The Hall–Kier alpha value is -3.26. The third kappa shape index (κ3) is 4.75. The van der Waals surface area contributed by atoms with E-state index in [1.807, 2.05) is 43.9 Å². The van der Waals surface area contributed by atoms with Gasteiger partial charge in [-0.15, -0.1) is 0 Å². The molecule has 0 radical (unpaired) electrons. The highest BCUT2D eigenvalue weighted by Gasteiger charge is 2.28. The van der Waals surface area contributed by atoms with Crippen LogP contribution in [0.15, 0.2) is 36.4 Å². The molecule has 0 bridgehead atoms. The Morgan fingerprint density at radius 1 is 1.12 bits per heavy atom. The molecule has 3 aromatic rings. The molecule has 4 rings (SSSR count). The lowest BCUT2D eigenvalue weighted by atomic mass is 10.0. The number of carbonyl (C=O) groups is 1. The number of phenolic OH excluding ortho intramolecular Hbond substituents is 1. The van der Waals surface area contributed by atoms with Crippen molar-refractivity contribution in [3.63, 3.8) is 0 Å². The molecule has 174 valence electrons. The van der Waals surface area contributed by atoms with Gasteiger partial charge in [-0.3, -0.25) is 4.79 Å². The van der Waals surface area contributed by atoms with Crippen LogP contribution >= 0.6 is 0 Å². The number of carbonyl (C=O) groups excluding carboxylic acids is 1. The molecule has 1 amide bonds. The van der Waals surface area contributed by atoms with Crippen molar-refractivity contribution >= 4 is 22.6 Å². The number of anilines is 1. The SMILES string of the molecule is Cc1ccc2c(N3CCN(C(=O)C(O)CC(C)C)CC3)nc(-c3c(O)cccc3F)nc2c1. The van der Waals surface area contributed by atoms with Gasteiger partial charge in [-0.25, -0.2) is 14.4 Å². The minimum Gasteiger partial charge on any atom is -0.507 e. The summed E-state index contributed by atoms with van der Waals surface area (Å²) in [5.74, 6) is -0.0835. The first-order chi connectivity index (χ1) is 15.7. The van der Waals surface area contributed by atoms with Crippen LogP contribution in [0.4, 0.5) is 10.2 Å². The van der Waals surface area contributed by atoms with E-state index in [0.717, 1.165) is 10.9 Å². The lowest BCUT2D eigenvalue weighted by molar-refractivity contribution is -0.141. The van der Waals surface area contributed by atoms with Crippen LogP contribution in [0.2, 0.25) is 0 Å². The highest BCUT2D eigenvalue weighted by Crippen LogP contribution is 2.34. The molecule has 1 aromatic heterocycles. The van der Waals surface area contributed by atoms with E-state index in [1.165, 1.54) is 18.2 Å². The van der Waals surface area contributed by atoms with Crippen LogP contribution in [0.25, 0.3) is 22.3 Å². The largest absolute Gasteiger partial charge is 0.507 e. The number of aromatic nitrogens is 2. The van der Waals surface area contributed by atoms with Gasteiger partial charge in [0.1, 0.15) is 23.5 Å². The van der Waals surface area contributed by atoms with Crippen molar-refractivity contribution in [1.82, 2.24) is 14.9 Å². The summed E-state index contributed by atoms with van der Waals surface area (Å²) in [6.07, 6.45) is -0.556. The van der Waals surface area contributed by atoms with Crippen molar-refractivity contribution < 1.29 is 19.4 Å². The monoisotopic (exact) mass is 452 g/mol. The minimum absolute atomic E-state index is 0.0345. The van der Waals surface area contributed by atoms with Crippen LogP contribution in [-0.2, 0) is 4.79 Å². The van der Waals surface area contributed by atoms with E-state index in [0.29, 0.717) is 43.9 Å². The zero-order valence-corrected chi connectivity index (χ0v) is 19.1. The van der Waals surface area contributed by atoms with E-state index in [9.17, 15) is 19.4 Å². The maximum Gasteiger partial charge on any atom is 0.251 e. The molecule has 8 heteroatoms. The number of piperazine rings is 1. The number of hydrogen-bond acceptors (Lipinski definition) is 6. The Bertz CT molecular complexity index is 1160. The van der Waals surface area contributed by atoms with Crippen molar-refractivity contribution in [3.8, 4) is 17.1 Å². The number of benzene rings is 2. The number of aliphatic hydroxyl groups excluding tert-OH is 1. The van der Waals surface area contributed by atoms with Gasteiger partial charge in [-0.05, 0) is 49.1 Å². The molecule has 1 aliphatic rings. The lowest BCUT2D eigenvalue weighted by Crippen LogP contribution is -2.52. The van der Waals surface area contributed by atoms with Crippen molar-refractivity contribution in [3.05, 3.63) is 47.8 Å². The number of phenols is 1. The molecule has 1 aliphatic heterocycles. The van der Waals surface area contributed by atoms with E-state index in [1.54, 1.807) is 4.90 Å². The highest BCUT2D eigenvalue weighted by molar-refractivity contribution is 5.92. The van der Waals surface area contributed by atoms with E-state index in [-0.39, 0.29) is 29.0 Å². The number of hydrogen-bond donors (Lipinski definition) is 2. The van der Waals surface area contributed by atoms with Crippen molar-refractivity contribution in [2.24, 2.45) is 5.92 Å². The summed E-state index contributed by atoms with van der Waals surface area (Å²) < 4.78 is 14.6. The number of fused-ring (bicyclic) bond motifs is 1. The number of halogens is 1. The molecular formula is C25H29FN4O3. The molecule has 0 saturated carbocycles. The van der Waals surface area contributed by atoms with Gasteiger partial charge in [0.2, 0.25) is 0 Å². The minimum atomic E-state index is -0.991. The summed E-state index contributed by atoms with van der Waals surface area (Å²) in [5.41, 5.74) is 1.63.